The smallest absolute Gasteiger partial charge is 0.0622 e. The molecular formula is C14H28N2O. The lowest BCUT2D eigenvalue weighted by Gasteiger charge is -2.46. The number of likely N-dealkylation sites (N-methyl/N-ethyl adjacent to an activating group) is 2. The van der Waals surface area contributed by atoms with E-state index in [2.05, 4.69) is 38.2 Å². The number of hydrogen-bond donors (Lipinski definition) is 1. The number of ether oxygens (including phenoxy) is 1. The van der Waals surface area contributed by atoms with Crippen LogP contribution in [0.5, 0.6) is 0 Å². The molecule has 1 saturated carbocycles. The molecule has 1 aliphatic heterocycles. The van der Waals surface area contributed by atoms with Crippen LogP contribution < -0.4 is 5.32 Å². The van der Waals surface area contributed by atoms with Crippen LogP contribution in [0.3, 0.4) is 0 Å². The molecule has 3 heteroatoms. The highest BCUT2D eigenvalue weighted by molar-refractivity contribution is 4.95. The van der Waals surface area contributed by atoms with Crippen molar-refractivity contribution >= 4 is 0 Å². The van der Waals surface area contributed by atoms with Gasteiger partial charge in [0.2, 0.25) is 0 Å². The van der Waals surface area contributed by atoms with Crippen LogP contribution in [0.4, 0.5) is 0 Å². The van der Waals surface area contributed by atoms with Gasteiger partial charge in [-0.3, -0.25) is 4.90 Å². The Hall–Kier alpha value is -0.120. The first-order valence-corrected chi connectivity index (χ1v) is 7.10. The maximum atomic E-state index is 5.53. The lowest BCUT2D eigenvalue weighted by Crippen LogP contribution is -2.57. The first-order valence-electron chi connectivity index (χ1n) is 7.10. The zero-order valence-electron chi connectivity index (χ0n) is 11.8. The number of nitrogens with zero attached hydrogens (tertiary/aromatic N) is 1. The zero-order valence-corrected chi connectivity index (χ0v) is 11.8. The van der Waals surface area contributed by atoms with E-state index in [1.165, 1.54) is 19.3 Å². The van der Waals surface area contributed by atoms with Crippen molar-refractivity contribution in [3.63, 3.8) is 0 Å². The van der Waals surface area contributed by atoms with Crippen molar-refractivity contribution in [2.24, 2.45) is 11.8 Å². The average Bonchev–Trinajstić information content (AvgIpc) is 2.80. The topological polar surface area (TPSA) is 24.5 Å². The van der Waals surface area contributed by atoms with Crippen LogP contribution in [0.1, 0.15) is 33.1 Å². The highest BCUT2D eigenvalue weighted by atomic mass is 16.5. The van der Waals surface area contributed by atoms with E-state index in [1.807, 2.05) is 0 Å². The SMILES string of the molecule is CNC1CC(C)CC(C)C1N(C)C1CCOC1. The predicted molar refractivity (Wildman–Crippen MR) is 71.2 cm³/mol. The van der Waals surface area contributed by atoms with E-state index in [-0.39, 0.29) is 0 Å². The molecule has 1 aliphatic carbocycles. The maximum Gasteiger partial charge on any atom is 0.0622 e. The van der Waals surface area contributed by atoms with Crippen LogP contribution >= 0.6 is 0 Å². The first-order chi connectivity index (χ1) is 8.13. The normalized spacial score (nSPS) is 43.2. The van der Waals surface area contributed by atoms with E-state index < -0.39 is 0 Å². The highest BCUT2D eigenvalue weighted by Gasteiger charge is 2.38. The summed E-state index contributed by atoms with van der Waals surface area (Å²) < 4.78 is 5.53. The number of rotatable bonds is 3. The minimum atomic E-state index is 0.631. The first kappa shape index (κ1) is 13.3. The van der Waals surface area contributed by atoms with Crippen LogP contribution in [-0.4, -0.2) is 50.3 Å². The second-order valence-corrected chi connectivity index (χ2v) is 6.12. The lowest BCUT2D eigenvalue weighted by atomic mass is 9.75. The van der Waals surface area contributed by atoms with Gasteiger partial charge in [-0.15, -0.1) is 0 Å². The molecule has 100 valence electrons. The van der Waals surface area contributed by atoms with Gasteiger partial charge in [0.1, 0.15) is 0 Å². The molecule has 0 amide bonds. The summed E-state index contributed by atoms with van der Waals surface area (Å²) in [5, 5.41) is 3.54. The molecule has 2 aliphatic rings. The Morgan fingerprint density at radius 3 is 2.59 bits per heavy atom. The molecule has 0 bridgehead atoms. The van der Waals surface area contributed by atoms with Crippen LogP contribution in [0.25, 0.3) is 0 Å². The maximum absolute atomic E-state index is 5.53. The summed E-state index contributed by atoms with van der Waals surface area (Å²) in [6.07, 6.45) is 3.87. The van der Waals surface area contributed by atoms with Crippen molar-refractivity contribution in [3.05, 3.63) is 0 Å². The second kappa shape index (κ2) is 5.68. The molecule has 17 heavy (non-hydrogen) atoms. The molecule has 0 aromatic carbocycles. The molecular weight excluding hydrogens is 212 g/mol. The average molecular weight is 240 g/mol. The number of hydrogen-bond acceptors (Lipinski definition) is 3. The van der Waals surface area contributed by atoms with Crippen molar-refractivity contribution in [3.8, 4) is 0 Å². The Kier molecular flexibility index (Phi) is 4.45. The van der Waals surface area contributed by atoms with Crippen LogP contribution in [0.2, 0.25) is 0 Å². The fourth-order valence-electron chi connectivity index (χ4n) is 3.90. The van der Waals surface area contributed by atoms with Gasteiger partial charge in [0.05, 0.1) is 6.61 Å². The van der Waals surface area contributed by atoms with Crippen LogP contribution in [-0.2, 0) is 4.74 Å². The van der Waals surface area contributed by atoms with E-state index >= 15 is 0 Å². The summed E-state index contributed by atoms with van der Waals surface area (Å²) in [5.41, 5.74) is 0. The van der Waals surface area contributed by atoms with E-state index in [0.717, 1.165) is 25.0 Å². The molecule has 0 radical (unpaired) electrons. The Morgan fingerprint density at radius 1 is 1.24 bits per heavy atom. The van der Waals surface area contributed by atoms with Gasteiger partial charge >= 0.3 is 0 Å². The van der Waals surface area contributed by atoms with Crippen molar-refractivity contribution in [1.29, 1.82) is 0 Å². The van der Waals surface area contributed by atoms with Crippen molar-refractivity contribution in [1.82, 2.24) is 10.2 Å². The third-order valence-corrected chi connectivity index (χ3v) is 4.75. The molecule has 0 aromatic heterocycles. The molecule has 1 N–H and O–H groups in total. The fraction of sp³-hybridized carbons (Fsp3) is 1.00. The molecule has 1 saturated heterocycles. The van der Waals surface area contributed by atoms with Crippen molar-refractivity contribution in [2.45, 2.75) is 51.2 Å². The standard InChI is InChI=1S/C14H28N2O/c1-10-7-11(2)14(13(8-10)15-3)16(4)12-5-6-17-9-12/h10-15H,5-9H2,1-4H3. The van der Waals surface area contributed by atoms with E-state index in [4.69, 9.17) is 4.74 Å². The molecule has 5 unspecified atom stereocenters. The minimum absolute atomic E-state index is 0.631. The third kappa shape index (κ3) is 2.83. The van der Waals surface area contributed by atoms with Gasteiger partial charge in [0.25, 0.3) is 0 Å². The van der Waals surface area contributed by atoms with Gasteiger partial charge in [-0.2, -0.15) is 0 Å². The Balaban J connectivity index is 2.04. The summed E-state index contributed by atoms with van der Waals surface area (Å²) in [6.45, 7) is 6.66. The molecule has 5 atom stereocenters. The molecule has 1 heterocycles. The summed E-state index contributed by atoms with van der Waals surface area (Å²) >= 11 is 0. The monoisotopic (exact) mass is 240 g/mol. The lowest BCUT2D eigenvalue weighted by molar-refractivity contribution is 0.0474. The van der Waals surface area contributed by atoms with Gasteiger partial charge in [-0.1, -0.05) is 13.8 Å². The largest absolute Gasteiger partial charge is 0.380 e. The molecule has 2 rings (SSSR count). The summed E-state index contributed by atoms with van der Waals surface area (Å²) in [5.74, 6) is 1.63. The van der Waals surface area contributed by atoms with Gasteiger partial charge in [0, 0.05) is 24.7 Å². The van der Waals surface area contributed by atoms with Crippen LogP contribution in [0.15, 0.2) is 0 Å². The van der Waals surface area contributed by atoms with Crippen molar-refractivity contribution < 1.29 is 4.74 Å². The minimum Gasteiger partial charge on any atom is -0.380 e. The Labute approximate surface area is 106 Å². The third-order valence-electron chi connectivity index (χ3n) is 4.75. The predicted octanol–water partition coefficient (Wildman–Crippen LogP) is 1.73. The molecule has 3 nitrogen and oxygen atoms in total. The van der Waals surface area contributed by atoms with Crippen LogP contribution in [0, 0.1) is 11.8 Å². The molecule has 0 aromatic rings. The fourth-order valence-corrected chi connectivity index (χ4v) is 3.90. The summed E-state index contributed by atoms with van der Waals surface area (Å²) in [6, 6.07) is 1.94. The van der Waals surface area contributed by atoms with Gasteiger partial charge < -0.3 is 10.1 Å². The highest BCUT2D eigenvalue weighted by Crippen LogP contribution is 2.33. The van der Waals surface area contributed by atoms with Gasteiger partial charge in [-0.25, -0.2) is 0 Å². The quantitative estimate of drug-likeness (QED) is 0.813. The van der Waals surface area contributed by atoms with E-state index in [9.17, 15) is 0 Å². The number of nitrogens with one attached hydrogen (secondary N) is 1. The summed E-state index contributed by atoms with van der Waals surface area (Å²) in [7, 11) is 4.41. The van der Waals surface area contributed by atoms with Gasteiger partial charge in [0.15, 0.2) is 0 Å². The summed E-state index contributed by atoms with van der Waals surface area (Å²) in [4.78, 5) is 2.59. The van der Waals surface area contributed by atoms with E-state index in [1.54, 1.807) is 0 Å². The van der Waals surface area contributed by atoms with E-state index in [0.29, 0.717) is 18.1 Å². The zero-order chi connectivity index (χ0) is 12.4. The van der Waals surface area contributed by atoms with Crippen molar-refractivity contribution in [2.75, 3.05) is 27.3 Å². The molecule has 0 spiro atoms. The molecule has 2 fully saturated rings. The van der Waals surface area contributed by atoms with Gasteiger partial charge in [-0.05, 0) is 45.2 Å². The Morgan fingerprint density at radius 2 is 2.00 bits per heavy atom. The Bertz CT molecular complexity index is 240. The second-order valence-electron chi connectivity index (χ2n) is 6.12.